The highest BCUT2D eigenvalue weighted by molar-refractivity contribution is 5.84. The minimum absolute atomic E-state index is 0.121. The van der Waals surface area contributed by atoms with E-state index in [0.29, 0.717) is 28.5 Å². The lowest BCUT2D eigenvalue weighted by Gasteiger charge is -2.35. The number of nitrogens with zero attached hydrogens (tertiary/aromatic N) is 5. The minimum atomic E-state index is -0.295. The molecule has 0 amide bonds. The Kier molecular flexibility index (Phi) is 4.41. The Hall–Kier alpha value is -3.09. The Bertz CT molecular complexity index is 1310. The maximum Gasteiger partial charge on any atom is 0.280 e. The first-order valence-corrected chi connectivity index (χ1v) is 10.5. The predicted octanol–water partition coefficient (Wildman–Crippen LogP) is 4.55. The third kappa shape index (κ3) is 2.83. The number of aryl methyl sites for hydroxylation is 1. The van der Waals surface area contributed by atoms with Crippen LogP contribution in [-0.2, 0) is 0 Å². The number of halogens is 1. The number of benzene rings is 1. The number of hydrogen-bond acceptors (Lipinski definition) is 4. The highest BCUT2D eigenvalue weighted by atomic mass is 19.1. The van der Waals surface area contributed by atoms with Crippen molar-refractivity contribution in [2.24, 2.45) is 11.8 Å². The van der Waals surface area contributed by atoms with Gasteiger partial charge < -0.3 is 4.57 Å². The van der Waals surface area contributed by atoms with Gasteiger partial charge in [0.25, 0.3) is 5.56 Å². The Morgan fingerprint density at radius 2 is 1.83 bits per heavy atom. The summed E-state index contributed by atoms with van der Waals surface area (Å²) in [5.74, 6) is 0.728. The van der Waals surface area contributed by atoms with Crippen molar-refractivity contribution in [1.29, 1.82) is 0 Å². The molecule has 5 rings (SSSR count). The monoisotopic (exact) mass is 405 g/mol. The van der Waals surface area contributed by atoms with Gasteiger partial charge in [0.1, 0.15) is 11.3 Å². The van der Waals surface area contributed by atoms with Gasteiger partial charge in [0.15, 0.2) is 11.2 Å². The highest BCUT2D eigenvalue weighted by Gasteiger charge is 2.29. The SMILES string of the molecule is Cc1nn2c(nnc3c(=O)n([C@H]4CCC[C@@H](C)[C@@H]4C)ccc32)c1-c1ccc(F)cc1. The van der Waals surface area contributed by atoms with Crippen LogP contribution in [0.15, 0.2) is 41.3 Å². The van der Waals surface area contributed by atoms with E-state index in [1.54, 1.807) is 16.6 Å². The summed E-state index contributed by atoms with van der Waals surface area (Å²) in [6, 6.07) is 8.32. The van der Waals surface area contributed by atoms with E-state index in [-0.39, 0.29) is 17.4 Å². The van der Waals surface area contributed by atoms with Crippen molar-refractivity contribution in [3.8, 4) is 11.1 Å². The van der Waals surface area contributed by atoms with Gasteiger partial charge in [-0.2, -0.15) is 5.10 Å². The van der Waals surface area contributed by atoms with Crippen LogP contribution in [-0.4, -0.2) is 24.4 Å². The van der Waals surface area contributed by atoms with Gasteiger partial charge in [0.05, 0.1) is 11.3 Å². The first-order chi connectivity index (χ1) is 14.5. The molecule has 3 heterocycles. The zero-order chi connectivity index (χ0) is 21.0. The van der Waals surface area contributed by atoms with E-state index in [1.807, 2.05) is 23.8 Å². The number of pyridine rings is 1. The Balaban J connectivity index is 1.68. The summed E-state index contributed by atoms with van der Waals surface area (Å²) >= 11 is 0. The van der Waals surface area contributed by atoms with E-state index < -0.39 is 0 Å². The van der Waals surface area contributed by atoms with E-state index in [4.69, 9.17) is 0 Å². The molecule has 4 aromatic rings. The fourth-order valence-electron chi connectivity index (χ4n) is 4.83. The van der Waals surface area contributed by atoms with Gasteiger partial charge in [-0.25, -0.2) is 8.91 Å². The van der Waals surface area contributed by atoms with Crippen LogP contribution in [0.2, 0.25) is 0 Å². The molecule has 154 valence electrons. The standard InChI is InChI=1S/C23H24FN5O/c1-13-5-4-6-18(14(13)2)28-12-11-19-21(23(28)30)25-26-22-20(15(3)27-29(19)22)16-7-9-17(24)10-8-16/h7-14,18H,4-6H2,1-3H3/t13-,14+,18+/m1/s1. The molecule has 3 atom stereocenters. The summed E-state index contributed by atoms with van der Waals surface area (Å²) in [5.41, 5.74) is 3.76. The Morgan fingerprint density at radius 3 is 2.60 bits per heavy atom. The van der Waals surface area contributed by atoms with Crippen molar-refractivity contribution in [3.05, 3.63) is 58.4 Å². The molecule has 30 heavy (non-hydrogen) atoms. The number of rotatable bonds is 2. The largest absolute Gasteiger partial charge is 0.310 e. The van der Waals surface area contributed by atoms with Crippen molar-refractivity contribution in [2.45, 2.75) is 46.1 Å². The fourth-order valence-corrected chi connectivity index (χ4v) is 4.83. The second-order valence-corrected chi connectivity index (χ2v) is 8.50. The minimum Gasteiger partial charge on any atom is -0.310 e. The topological polar surface area (TPSA) is 65.1 Å². The van der Waals surface area contributed by atoms with Crippen LogP contribution in [0.4, 0.5) is 4.39 Å². The summed E-state index contributed by atoms with van der Waals surface area (Å²) in [6.07, 6.45) is 5.21. The number of fused-ring (bicyclic) bond motifs is 3. The Labute approximate surface area is 173 Å². The fraction of sp³-hybridized carbons (Fsp3) is 0.391. The van der Waals surface area contributed by atoms with Crippen LogP contribution in [0.5, 0.6) is 0 Å². The van der Waals surface area contributed by atoms with Crippen LogP contribution in [0, 0.1) is 24.6 Å². The molecule has 1 aliphatic carbocycles. The van der Waals surface area contributed by atoms with Crippen LogP contribution in [0.1, 0.15) is 44.8 Å². The van der Waals surface area contributed by atoms with Gasteiger partial charge in [-0.15, -0.1) is 10.2 Å². The van der Waals surface area contributed by atoms with Gasteiger partial charge in [-0.05, 0) is 48.9 Å². The lowest BCUT2D eigenvalue weighted by atomic mass is 9.78. The van der Waals surface area contributed by atoms with E-state index in [0.717, 1.165) is 29.7 Å². The Morgan fingerprint density at radius 1 is 1.07 bits per heavy atom. The van der Waals surface area contributed by atoms with E-state index in [1.165, 1.54) is 18.6 Å². The molecule has 1 saturated carbocycles. The molecule has 0 N–H and O–H groups in total. The lowest BCUT2D eigenvalue weighted by Crippen LogP contribution is -2.34. The highest BCUT2D eigenvalue weighted by Crippen LogP contribution is 2.37. The summed E-state index contributed by atoms with van der Waals surface area (Å²) < 4.78 is 16.9. The molecule has 3 aromatic heterocycles. The smallest absolute Gasteiger partial charge is 0.280 e. The molecule has 0 spiro atoms. The van der Waals surface area contributed by atoms with Gasteiger partial charge in [-0.3, -0.25) is 4.79 Å². The van der Waals surface area contributed by atoms with Gasteiger partial charge in [0.2, 0.25) is 0 Å². The van der Waals surface area contributed by atoms with E-state index in [2.05, 4.69) is 29.1 Å². The van der Waals surface area contributed by atoms with Crippen LogP contribution in [0.3, 0.4) is 0 Å². The first kappa shape index (κ1) is 18.9. The van der Waals surface area contributed by atoms with Crippen molar-refractivity contribution >= 4 is 16.7 Å². The average Bonchev–Trinajstić information content (AvgIpc) is 3.08. The third-order valence-electron chi connectivity index (χ3n) is 6.74. The second-order valence-electron chi connectivity index (χ2n) is 8.50. The average molecular weight is 405 g/mol. The van der Waals surface area contributed by atoms with Crippen LogP contribution < -0.4 is 5.56 Å². The second kappa shape index (κ2) is 7.00. The molecule has 0 saturated heterocycles. The number of hydrogen-bond donors (Lipinski definition) is 0. The molecule has 1 aliphatic rings. The summed E-state index contributed by atoms with van der Waals surface area (Å²) in [4.78, 5) is 13.3. The molecule has 0 bridgehead atoms. The third-order valence-corrected chi connectivity index (χ3v) is 6.74. The predicted molar refractivity (Wildman–Crippen MR) is 114 cm³/mol. The molecular weight excluding hydrogens is 381 g/mol. The maximum atomic E-state index is 13.4. The van der Waals surface area contributed by atoms with Crippen LogP contribution >= 0.6 is 0 Å². The van der Waals surface area contributed by atoms with Crippen molar-refractivity contribution in [1.82, 2.24) is 24.4 Å². The lowest BCUT2D eigenvalue weighted by molar-refractivity contribution is 0.183. The summed E-state index contributed by atoms with van der Waals surface area (Å²) in [5, 5.41) is 13.3. The summed E-state index contributed by atoms with van der Waals surface area (Å²) in [7, 11) is 0. The normalized spacial score (nSPS) is 22.1. The molecule has 6 nitrogen and oxygen atoms in total. The zero-order valence-electron chi connectivity index (χ0n) is 17.3. The van der Waals surface area contributed by atoms with Crippen molar-refractivity contribution in [3.63, 3.8) is 0 Å². The van der Waals surface area contributed by atoms with Gasteiger partial charge in [-0.1, -0.05) is 38.8 Å². The number of aromatic nitrogens is 5. The molecule has 1 aromatic carbocycles. The molecule has 0 aliphatic heterocycles. The van der Waals surface area contributed by atoms with E-state index in [9.17, 15) is 9.18 Å². The van der Waals surface area contributed by atoms with Gasteiger partial charge >= 0.3 is 0 Å². The molecule has 7 heteroatoms. The zero-order valence-corrected chi connectivity index (χ0v) is 17.3. The van der Waals surface area contributed by atoms with Gasteiger partial charge in [0, 0.05) is 12.2 Å². The molecule has 1 fully saturated rings. The first-order valence-electron chi connectivity index (χ1n) is 10.5. The van der Waals surface area contributed by atoms with E-state index >= 15 is 0 Å². The van der Waals surface area contributed by atoms with Crippen molar-refractivity contribution in [2.75, 3.05) is 0 Å². The molecular formula is C23H24FN5O. The summed E-state index contributed by atoms with van der Waals surface area (Å²) in [6.45, 7) is 6.37. The van der Waals surface area contributed by atoms with Crippen molar-refractivity contribution < 1.29 is 4.39 Å². The molecule has 0 radical (unpaired) electrons. The van der Waals surface area contributed by atoms with Crippen LogP contribution in [0.25, 0.3) is 27.8 Å². The quantitative estimate of drug-likeness (QED) is 0.491. The maximum absolute atomic E-state index is 13.4. The molecule has 0 unspecified atom stereocenters.